The van der Waals surface area contributed by atoms with Crippen molar-refractivity contribution < 1.29 is 22.5 Å². The quantitative estimate of drug-likeness (QED) is 0.528. The summed E-state index contributed by atoms with van der Waals surface area (Å²) in [6, 6.07) is 7.99. The van der Waals surface area contributed by atoms with Gasteiger partial charge in [0.05, 0.1) is 27.9 Å². The summed E-state index contributed by atoms with van der Waals surface area (Å²) in [5.41, 5.74) is 1.69. The summed E-state index contributed by atoms with van der Waals surface area (Å²) in [5, 5.41) is 11.3. The number of alkyl halides is 3. The lowest BCUT2D eigenvalue weighted by Gasteiger charge is -2.09. The maximum atomic E-state index is 13.0. The first-order valence-electron chi connectivity index (χ1n) is 8.93. The zero-order valence-corrected chi connectivity index (χ0v) is 16.2. The number of nitrogens with one attached hydrogen (secondary N) is 1. The molecule has 0 bridgehead atoms. The van der Waals surface area contributed by atoms with Crippen LogP contribution in [0.1, 0.15) is 33.0 Å². The largest absolute Gasteiger partial charge is 0.416 e. The van der Waals surface area contributed by atoms with Crippen molar-refractivity contribution in [3.63, 3.8) is 0 Å². The number of fused-ring (bicyclic) bond motifs is 1. The zero-order valence-electron chi connectivity index (χ0n) is 16.2. The Morgan fingerprint density at radius 2 is 1.90 bits per heavy atom. The highest BCUT2D eigenvalue weighted by molar-refractivity contribution is 6.12. The lowest BCUT2D eigenvalue weighted by Crippen LogP contribution is -2.14. The Morgan fingerprint density at radius 1 is 1.13 bits per heavy atom. The number of amides is 1. The molecule has 0 saturated carbocycles. The van der Waals surface area contributed by atoms with Gasteiger partial charge in [0.2, 0.25) is 0 Å². The van der Waals surface area contributed by atoms with E-state index in [2.05, 4.69) is 20.6 Å². The maximum absolute atomic E-state index is 13.0. The molecular formula is C20H16F3N5O2. The van der Waals surface area contributed by atoms with E-state index in [1.807, 2.05) is 0 Å². The number of carbonyl (C=O) groups excluding carboxylic acids is 1. The van der Waals surface area contributed by atoms with Crippen LogP contribution in [0.15, 0.2) is 40.9 Å². The Balaban J connectivity index is 1.67. The molecule has 4 aromatic rings. The molecule has 0 radical (unpaired) electrons. The minimum atomic E-state index is -4.46. The van der Waals surface area contributed by atoms with Crippen LogP contribution in [0, 0.1) is 20.8 Å². The molecule has 7 nitrogen and oxygen atoms in total. The predicted octanol–water partition coefficient (Wildman–Crippen LogP) is 4.60. The van der Waals surface area contributed by atoms with E-state index < -0.39 is 17.6 Å². The highest BCUT2D eigenvalue weighted by atomic mass is 19.4. The fourth-order valence-corrected chi connectivity index (χ4v) is 3.19. The van der Waals surface area contributed by atoms with E-state index in [1.54, 1.807) is 32.9 Å². The molecule has 154 valence electrons. The molecule has 3 aromatic heterocycles. The third kappa shape index (κ3) is 3.51. The second kappa shape index (κ2) is 6.97. The minimum Gasteiger partial charge on any atom is -0.336 e. The molecule has 1 aromatic carbocycles. The number of carbonyl (C=O) groups is 1. The van der Waals surface area contributed by atoms with Crippen molar-refractivity contribution in [2.45, 2.75) is 26.9 Å². The fraction of sp³-hybridized carbons (Fsp3) is 0.200. The van der Waals surface area contributed by atoms with Gasteiger partial charge in [-0.05, 0) is 45.0 Å². The molecule has 0 aliphatic rings. The monoisotopic (exact) mass is 415 g/mol. The second-order valence-electron chi connectivity index (χ2n) is 6.84. The summed E-state index contributed by atoms with van der Waals surface area (Å²) in [7, 11) is 0. The van der Waals surface area contributed by atoms with Gasteiger partial charge in [-0.3, -0.25) is 4.79 Å². The van der Waals surface area contributed by atoms with Gasteiger partial charge in [0.25, 0.3) is 11.6 Å². The van der Waals surface area contributed by atoms with Crippen molar-refractivity contribution >= 4 is 22.8 Å². The Labute approximate surface area is 168 Å². The first-order valence-corrected chi connectivity index (χ1v) is 8.93. The van der Waals surface area contributed by atoms with Gasteiger partial charge in [-0.15, -0.1) is 5.10 Å². The van der Waals surface area contributed by atoms with Crippen molar-refractivity contribution in [2.75, 3.05) is 5.32 Å². The van der Waals surface area contributed by atoms with Crippen LogP contribution in [-0.2, 0) is 6.18 Å². The number of anilines is 1. The van der Waals surface area contributed by atoms with Crippen LogP contribution in [0.2, 0.25) is 0 Å². The summed E-state index contributed by atoms with van der Waals surface area (Å²) in [6.45, 7) is 5.11. The molecule has 3 heterocycles. The maximum Gasteiger partial charge on any atom is 0.416 e. The van der Waals surface area contributed by atoms with E-state index in [9.17, 15) is 18.0 Å². The first-order chi connectivity index (χ1) is 14.1. The number of pyridine rings is 1. The van der Waals surface area contributed by atoms with Gasteiger partial charge in [0, 0.05) is 17.5 Å². The van der Waals surface area contributed by atoms with Gasteiger partial charge in [-0.25, -0.2) is 9.67 Å². The van der Waals surface area contributed by atoms with Crippen LogP contribution in [0.3, 0.4) is 0 Å². The summed E-state index contributed by atoms with van der Waals surface area (Å²) < 4.78 is 45.5. The van der Waals surface area contributed by atoms with Crippen molar-refractivity contribution in [3.8, 4) is 5.69 Å². The molecule has 1 amide bonds. The van der Waals surface area contributed by atoms with Crippen LogP contribution in [0.5, 0.6) is 0 Å². The average Bonchev–Trinajstić information content (AvgIpc) is 3.23. The lowest BCUT2D eigenvalue weighted by atomic mass is 10.1. The van der Waals surface area contributed by atoms with Crippen molar-refractivity contribution in [3.05, 3.63) is 64.6 Å². The van der Waals surface area contributed by atoms with Gasteiger partial charge in [-0.1, -0.05) is 11.2 Å². The number of aromatic nitrogens is 4. The van der Waals surface area contributed by atoms with Gasteiger partial charge >= 0.3 is 6.18 Å². The predicted molar refractivity (Wildman–Crippen MR) is 103 cm³/mol. The van der Waals surface area contributed by atoms with Gasteiger partial charge in [0.1, 0.15) is 0 Å². The van der Waals surface area contributed by atoms with Crippen LogP contribution in [-0.4, -0.2) is 25.8 Å². The van der Waals surface area contributed by atoms with Crippen molar-refractivity contribution in [1.82, 2.24) is 19.9 Å². The van der Waals surface area contributed by atoms with E-state index in [0.29, 0.717) is 28.0 Å². The topological polar surface area (TPSA) is 85.8 Å². The van der Waals surface area contributed by atoms with Crippen LogP contribution in [0.25, 0.3) is 16.8 Å². The number of benzene rings is 1. The molecule has 0 fully saturated rings. The smallest absolute Gasteiger partial charge is 0.336 e. The number of hydrogen-bond donors (Lipinski definition) is 1. The molecule has 1 N–H and O–H groups in total. The van der Waals surface area contributed by atoms with E-state index in [0.717, 1.165) is 12.1 Å². The summed E-state index contributed by atoms with van der Waals surface area (Å²) in [4.78, 5) is 17.1. The third-order valence-electron chi connectivity index (χ3n) is 4.54. The lowest BCUT2D eigenvalue weighted by molar-refractivity contribution is -0.137. The second-order valence-corrected chi connectivity index (χ2v) is 6.84. The highest BCUT2D eigenvalue weighted by Crippen LogP contribution is 2.31. The van der Waals surface area contributed by atoms with E-state index in [-0.39, 0.29) is 17.2 Å². The number of nitrogens with zero attached hydrogens (tertiary/aromatic N) is 4. The SMILES string of the molecule is Cc1cc(C(=O)Nc2cc(C)n(-c3cccc(C(F)(F)F)c3)n2)c2c(C)noc2n1. The summed E-state index contributed by atoms with van der Waals surface area (Å²) >= 11 is 0. The number of rotatable bonds is 3. The molecule has 4 rings (SSSR count). The third-order valence-corrected chi connectivity index (χ3v) is 4.54. The fourth-order valence-electron chi connectivity index (χ4n) is 3.19. The molecule has 0 atom stereocenters. The first kappa shape index (κ1) is 19.6. The standard InChI is InChI=1S/C20H16F3N5O2/c1-10-7-15(17-12(3)27-30-19(17)24-10)18(29)25-16-8-11(2)28(26-16)14-6-4-5-13(9-14)20(21,22)23/h4-9H,1-3H3,(H,25,26,29). The van der Waals surface area contributed by atoms with Crippen molar-refractivity contribution in [2.24, 2.45) is 0 Å². The van der Waals surface area contributed by atoms with Crippen LogP contribution >= 0.6 is 0 Å². The van der Waals surface area contributed by atoms with Gasteiger partial charge in [-0.2, -0.15) is 13.2 Å². The molecule has 0 unspecified atom stereocenters. The van der Waals surface area contributed by atoms with Crippen LogP contribution in [0.4, 0.5) is 19.0 Å². The van der Waals surface area contributed by atoms with Gasteiger partial charge < -0.3 is 9.84 Å². The van der Waals surface area contributed by atoms with Crippen molar-refractivity contribution in [1.29, 1.82) is 0 Å². The number of halogens is 3. The summed E-state index contributed by atoms with van der Waals surface area (Å²) in [6.07, 6.45) is -4.46. The van der Waals surface area contributed by atoms with Crippen LogP contribution < -0.4 is 5.32 Å². The summed E-state index contributed by atoms with van der Waals surface area (Å²) in [5.74, 6) is -0.253. The number of hydrogen-bond acceptors (Lipinski definition) is 5. The van der Waals surface area contributed by atoms with Gasteiger partial charge in [0.15, 0.2) is 5.82 Å². The molecular weight excluding hydrogens is 399 g/mol. The molecule has 0 spiro atoms. The highest BCUT2D eigenvalue weighted by Gasteiger charge is 2.30. The molecule has 0 saturated heterocycles. The molecule has 0 aliphatic heterocycles. The van der Waals surface area contributed by atoms with E-state index in [4.69, 9.17) is 4.52 Å². The normalized spacial score (nSPS) is 11.8. The minimum absolute atomic E-state index is 0.201. The molecule has 10 heteroatoms. The molecule has 30 heavy (non-hydrogen) atoms. The Kier molecular flexibility index (Phi) is 4.56. The zero-order chi connectivity index (χ0) is 21.6. The molecule has 0 aliphatic carbocycles. The van der Waals surface area contributed by atoms with E-state index >= 15 is 0 Å². The Hall–Kier alpha value is -3.69. The Bertz CT molecular complexity index is 1270. The Morgan fingerprint density at radius 3 is 2.63 bits per heavy atom. The number of aryl methyl sites for hydroxylation is 3. The van der Waals surface area contributed by atoms with E-state index in [1.165, 1.54) is 16.8 Å². The average molecular weight is 415 g/mol.